The van der Waals surface area contributed by atoms with E-state index < -0.39 is 0 Å². The Balaban J connectivity index is 1.64. The van der Waals surface area contributed by atoms with Gasteiger partial charge in [-0.1, -0.05) is 25.5 Å². The first-order chi connectivity index (χ1) is 10.9. The van der Waals surface area contributed by atoms with Gasteiger partial charge < -0.3 is 5.11 Å². The zero-order chi connectivity index (χ0) is 16.4. The molecule has 7 atom stereocenters. The molecule has 0 saturated heterocycles. The lowest BCUT2D eigenvalue weighted by Crippen LogP contribution is -2.52. The van der Waals surface area contributed by atoms with Crippen molar-refractivity contribution in [3.63, 3.8) is 0 Å². The molecule has 0 aromatic rings. The van der Waals surface area contributed by atoms with Crippen LogP contribution in [0, 0.1) is 34.5 Å². The van der Waals surface area contributed by atoms with E-state index in [0.29, 0.717) is 23.0 Å². The first kappa shape index (κ1) is 15.9. The van der Waals surface area contributed by atoms with Gasteiger partial charge in [0.1, 0.15) is 5.78 Å². The minimum atomic E-state index is -0.0636. The summed E-state index contributed by atoms with van der Waals surface area (Å²) in [5.74, 6) is 2.81. The highest BCUT2D eigenvalue weighted by atomic mass is 16.3. The number of carbonyl (C=O) groups excluding carboxylic acids is 1. The monoisotopic (exact) mass is 316 g/mol. The smallest absolute Gasteiger partial charge is 0.134 e. The van der Waals surface area contributed by atoms with E-state index in [-0.39, 0.29) is 17.4 Å². The largest absolute Gasteiger partial charge is 0.393 e. The van der Waals surface area contributed by atoms with Crippen LogP contribution in [0.25, 0.3) is 0 Å². The second-order valence-corrected chi connectivity index (χ2v) is 9.44. The Kier molecular flexibility index (Phi) is 3.58. The van der Waals surface area contributed by atoms with Crippen molar-refractivity contribution in [2.75, 3.05) is 0 Å². The molecule has 23 heavy (non-hydrogen) atoms. The van der Waals surface area contributed by atoms with Crippen molar-refractivity contribution < 1.29 is 9.90 Å². The lowest BCUT2D eigenvalue weighted by atomic mass is 9.46. The number of aliphatic hydroxyl groups is 1. The second-order valence-electron chi connectivity index (χ2n) is 9.44. The molecular formula is C21H32O2. The van der Waals surface area contributed by atoms with E-state index in [1.807, 2.05) is 0 Å². The van der Waals surface area contributed by atoms with Crippen molar-refractivity contribution in [3.05, 3.63) is 11.6 Å². The van der Waals surface area contributed by atoms with Gasteiger partial charge in [0.05, 0.1) is 6.10 Å². The number of carbonyl (C=O) groups is 1. The predicted molar refractivity (Wildman–Crippen MR) is 91.9 cm³/mol. The average molecular weight is 316 g/mol. The first-order valence-corrected chi connectivity index (χ1v) is 9.75. The Labute approximate surface area is 140 Å². The number of Topliss-reactive ketones (excluding diaryl/α,β-unsaturated/α-hetero) is 1. The lowest BCUT2D eigenvalue weighted by Gasteiger charge is -2.59. The Morgan fingerprint density at radius 2 is 1.96 bits per heavy atom. The van der Waals surface area contributed by atoms with Gasteiger partial charge in [-0.2, -0.15) is 0 Å². The third-order valence-corrected chi connectivity index (χ3v) is 8.53. The highest BCUT2D eigenvalue weighted by Gasteiger charge is 2.57. The minimum Gasteiger partial charge on any atom is -0.393 e. The number of ketones is 1. The molecule has 128 valence electrons. The van der Waals surface area contributed by atoms with Crippen LogP contribution in [0.5, 0.6) is 0 Å². The summed E-state index contributed by atoms with van der Waals surface area (Å²) in [6.45, 7) is 6.67. The van der Waals surface area contributed by atoms with Gasteiger partial charge in [0.2, 0.25) is 0 Å². The van der Waals surface area contributed by atoms with Crippen LogP contribution < -0.4 is 0 Å². The summed E-state index contributed by atoms with van der Waals surface area (Å²) >= 11 is 0. The van der Waals surface area contributed by atoms with Gasteiger partial charge in [0.25, 0.3) is 0 Å². The number of fused-ring (bicyclic) bond motifs is 5. The summed E-state index contributed by atoms with van der Waals surface area (Å²) in [4.78, 5) is 12.1. The number of hydrogen-bond donors (Lipinski definition) is 1. The summed E-state index contributed by atoms with van der Waals surface area (Å²) in [6.07, 6.45) is 11.6. The second kappa shape index (κ2) is 5.18. The number of allylic oxidation sites excluding steroid dienone is 2. The summed E-state index contributed by atoms with van der Waals surface area (Å²) in [5, 5.41) is 10.1. The molecule has 2 nitrogen and oxygen atoms in total. The van der Waals surface area contributed by atoms with Crippen LogP contribution in [-0.4, -0.2) is 17.0 Å². The SMILES string of the molecule is CC(=O)[C@H]1CC=C2[C@@H]3CC[C@@H]4C[C@@H](O)CC[C@]4(C)[C@@H]3CC[C@@]21C. The molecular weight excluding hydrogens is 284 g/mol. The summed E-state index contributed by atoms with van der Waals surface area (Å²) in [6, 6.07) is 0. The van der Waals surface area contributed by atoms with E-state index >= 15 is 0 Å². The van der Waals surface area contributed by atoms with Crippen LogP contribution in [0.3, 0.4) is 0 Å². The number of hydrogen-bond acceptors (Lipinski definition) is 2. The molecule has 0 radical (unpaired) electrons. The molecule has 3 saturated carbocycles. The molecule has 0 spiro atoms. The standard InChI is InChI=1S/C21H32O2/c1-13(22)17-6-7-18-16-5-4-14-12-15(23)8-10-20(14,2)19(16)9-11-21(17,18)3/h7,14-17,19,23H,4-6,8-12H2,1-3H3/t14-,15+,16+,17-,19-,20+,21-/m1/s1. The topological polar surface area (TPSA) is 37.3 Å². The maximum absolute atomic E-state index is 12.1. The highest BCUT2D eigenvalue weighted by molar-refractivity contribution is 5.80. The molecule has 4 aliphatic carbocycles. The van der Waals surface area contributed by atoms with Crippen LogP contribution in [-0.2, 0) is 4.79 Å². The zero-order valence-corrected chi connectivity index (χ0v) is 15.0. The van der Waals surface area contributed by atoms with E-state index in [1.54, 1.807) is 12.5 Å². The van der Waals surface area contributed by atoms with Gasteiger partial charge in [-0.15, -0.1) is 0 Å². The van der Waals surface area contributed by atoms with Gasteiger partial charge in [0, 0.05) is 5.92 Å². The summed E-state index contributed by atoms with van der Waals surface area (Å²) in [5.41, 5.74) is 2.20. The van der Waals surface area contributed by atoms with Crippen molar-refractivity contribution >= 4 is 5.78 Å². The van der Waals surface area contributed by atoms with Crippen LogP contribution in [0.2, 0.25) is 0 Å². The minimum absolute atomic E-state index is 0.0636. The summed E-state index contributed by atoms with van der Waals surface area (Å²) < 4.78 is 0. The molecule has 3 fully saturated rings. The fourth-order valence-electron chi connectivity index (χ4n) is 7.18. The Hall–Kier alpha value is -0.630. The van der Waals surface area contributed by atoms with Gasteiger partial charge in [0.15, 0.2) is 0 Å². The molecule has 4 rings (SSSR count). The predicted octanol–water partition coefficient (Wildman–Crippen LogP) is 4.52. The van der Waals surface area contributed by atoms with E-state index in [0.717, 1.165) is 25.2 Å². The van der Waals surface area contributed by atoms with E-state index in [2.05, 4.69) is 19.9 Å². The van der Waals surface area contributed by atoms with Crippen LogP contribution >= 0.6 is 0 Å². The molecule has 0 heterocycles. The van der Waals surface area contributed by atoms with Crippen LogP contribution in [0.15, 0.2) is 11.6 Å². The number of aliphatic hydroxyl groups excluding tert-OH is 1. The van der Waals surface area contributed by atoms with Gasteiger partial charge in [-0.05, 0) is 86.9 Å². The van der Waals surface area contributed by atoms with E-state index in [1.165, 1.54) is 32.1 Å². The molecule has 1 N–H and O–H groups in total. The van der Waals surface area contributed by atoms with E-state index in [4.69, 9.17) is 0 Å². The molecule has 0 aromatic heterocycles. The molecule has 2 heteroatoms. The first-order valence-electron chi connectivity index (χ1n) is 9.75. The average Bonchev–Trinajstić information content (AvgIpc) is 2.85. The Morgan fingerprint density at radius 1 is 1.17 bits per heavy atom. The van der Waals surface area contributed by atoms with Crippen molar-refractivity contribution in [2.45, 2.75) is 78.2 Å². The van der Waals surface area contributed by atoms with Gasteiger partial charge in [-0.25, -0.2) is 0 Å². The Morgan fingerprint density at radius 3 is 2.70 bits per heavy atom. The van der Waals surface area contributed by atoms with Crippen LogP contribution in [0.4, 0.5) is 0 Å². The molecule has 4 aliphatic rings. The third-order valence-electron chi connectivity index (χ3n) is 8.53. The zero-order valence-electron chi connectivity index (χ0n) is 15.0. The quantitative estimate of drug-likeness (QED) is 0.722. The fourth-order valence-corrected chi connectivity index (χ4v) is 7.18. The molecule has 0 aliphatic heterocycles. The fraction of sp³-hybridized carbons (Fsp3) is 0.857. The van der Waals surface area contributed by atoms with Crippen molar-refractivity contribution in [1.29, 1.82) is 0 Å². The van der Waals surface area contributed by atoms with Crippen molar-refractivity contribution in [2.24, 2.45) is 34.5 Å². The summed E-state index contributed by atoms with van der Waals surface area (Å²) in [7, 11) is 0. The third kappa shape index (κ3) is 2.13. The molecule has 0 aromatic carbocycles. The maximum Gasteiger partial charge on any atom is 0.134 e. The maximum atomic E-state index is 12.1. The molecule has 0 bridgehead atoms. The highest BCUT2D eigenvalue weighted by Crippen LogP contribution is 2.65. The Bertz CT molecular complexity index is 550. The van der Waals surface area contributed by atoms with E-state index in [9.17, 15) is 9.90 Å². The molecule has 0 amide bonds. The molecule has 0 unspecified atom stereocenters. The normalized spacial score (nSPS) is 52.2. The van der Waals surface area contributed by atoms with Gasteiger partial charge >= 0.3 is 0 Å². The van der Waals surface area contributed by atoms with Crippen molar-refractivity contribution in [1.82, 2.24) is 0 Å². The number of rotatable bonds is 1. The van der Waals surface area contributed by atoms with Crippen molar-refractivity contribution in [3.8, 4) is 0 Å². The van der Waals surface area contributed by atoms with Crippen LogP contribution in [0.1, 0.15) is 72.1 Å². The lowest BCUT2D eigenvalue weighted by molar-refractivity contribution is -0.125. The van der Waals surface area contributed by atoms with Gasteiger partial charge in [-0.3, -0.25) is 4.79 Å².